The quantitative estimate of drug-likeness (QED) is 0.809. The molecule has 2 aromatic heterocycles. The minimum absolute atomic E-state index is 0.146. The Hall–Kier alpha value is -1.72. The van der Waals surface area contributed by atoms with Crippen LogP contribution in [0.3, 0.4) is 0 Å². The summed E-state index contributed by atoms with van der Waals surface area (Å²) in [6, 6.07) is 0. The predicted octanol–water partition coefficient (Wildman–Crippen LogP) is 2.58. The smallest absolute Gasteiger partial charge is 0.283 e. The predicted molar refractivity (Wildman–Crippen MR) is 53.0 cm³/mol. The van der Waals surface area contributed by atoms with Crippen molar-refractivity contribution >= 4 is 0 Å². The highest BCUT2D eigenvalue weighted by molar-refractivity contribution is 5.46. The molecule has 0 amide bonds. The van der Waals surface area contributed by atoms with Gasteiger partial charge in [-0.2, -0.15) is 0 Å². The number of hydrogen-bond donors (Lipinski definition) is 0. The summed E-state index contributed by atoms with van der Waals surface area (Å²) in [4.78, 5) is 7.77. The van der Waals surface area contributed by atoms with E-state index in [1.165, 1.54) is 0 Å². The summed E-state index contributed by atoms with van der Waals surface area (Å²) in [6.07, 6.45) is 1.00. The van der Waals surface area contributed by atoms with Crippen molar-refractivity contribution in [2.45, 2.75) is 19.8 Å². The number of oxazole rings is 1. The second-order valence-corrected chi connectivity index (χ2v) is 3.41. The van der Waals surface area contributed by atoms with Gasteiger partial charge in [-0.15, -0.1) is 0 Å². The number of alkyl halides is 2. The molecule has 0 aliphatic rings. The van der Waals surface area contributed by atoms with Gasteiger partial charge >= 0.3 is 0 Å². The Morgan fingerprint density at radius 1 is 1.50 bits per heavy atom. The maximum atomic E-state index is 12.6. The molecule has 0 aliphatic heterocycles. The fourth-order valence-electron chi connectivity index (χ4n) is 1.42. The SMILES string of the molecule is CCc1oc(-c2cn(C)cn2)nc1C(F)F. The first kappa shape index (κ1) is 10.8. The summed E-state index contributed by atoms with van der Waals surface area (Å²) in [5, 5.41) is 0. The number of halogens is 2. The number of imidazole rings is 1. The molecule has 4 nitrogen and oxygen atoms in total. The largest absolute Gasteiger partial charge is 0.439 e. The van der Waals surface area contributed by atoms with Crippen molar-refractivity contribution in [1.82, 2.24) is 14.5 Å². The molecule has 0 unspecified atom stereocenters. The van der Waals surface area contributed by atoms with E-state index in [0.717, 1.165) is 0 Å². The van der Waals surface area contributed by atoms with E-state index in [1.807, 2.05) is 0 Å². The first-order chi connectivity index (χ1) is 7.61. The molecule has 0 spiro atoms. The van der Waals surface area contributed by atoms with Gasteiger partial charge in [0.1, 0.15) is 17.1 Å². The third kappa shape index (κ3) is 1.82. The number of aryl methyl sites for hydroxylation is 2. The van der Waals surface area contributed by atoms with Crippen LogP contribution in [0.4, 0.5) is 8.78 Å². The minimum atomic E-state index is -2.61. The molecule has 0 fully saturated rings. The van der Waals surface area contributed by atoms with Crippen LogP contribution in [-0.4, -0.2) is 14.5 Å². The molecule has 0 aliphatic carbocycles. The molecule has 2 heterocycles. The monoisotopic (exact) mass is 227 g/mol. The molecule has 2 aromatic rings. The maximum absolute atomic E-state index is 12.6. The van der Waals surface area contributed by atoms with E-state index in [1.54, 1.807) is 31.1 Å². The van der Waals surface area contributed by atoms with Gasteiger partial charge in [-0.1, -0.05) is 6.92 Å². The molecule has 6 heteroatoms. The highest BCUT2D eigenvalue weighted by Crippen LogP contribution is 2.27. The van der Waals surface area contributed by atoms with E-state index in [0.29, 0.717) is 12.1 Å². The maximum Gasteiger partial charge on any atom is 0.283 e. The van der Waals surface area contributed by atoms with Gasteiger partial charge < -0.3 is 8.98 Å². The second-order valence-electron chi connectivity index (χ2n) is 3.41. The lowest BCUT2D eigenvalue weighted by Gasteiger charge is -1.93. The fourth-order valence-corrected chi connectivity index (χ4v) is 1.42. The van der Waals surface area contributed by atoms with Crippen molar-refractivity contribution in [2.75, 3.05) is 0 Å². The Morgan fingerprint density at radius 3 is 2.69 bits per heavy atom. The van der Waals surface area contributed by atoms with Gasteiger partial charge in [-0.25, -0.2) is 18.7 Å². The topological polar surface area (TPSA) is 43.9 Å². The molecule has 0 saturated carbocycles. The molecule has 86 valence electrons. The molecule has 0 saturated heterocycles. The molecular weight excluding hydrogens is 216 g/mol. The lowest BCUT2D eigenvalue weighted by atomic mass is 10.3. The van der Waals surface area contributed by atoms with Gasteiger partial charge in [0.25, 0.3) is 6.43 Å². The highest BCUT2D eigenvalue weighted by atomic mass is 19.3. The fraction of sp³-hybridized carbons (Fsp3) is 0.400. The first-order valence-corrected chi connectivity index (χ1v) is 4.88. The average molecular weight is 227 g/mol. The van der Waals surface area contributed by atoms with E-state index in [9.17, 15) is 8.78 Å². The van der Waals surface area contributed by atoms with Crippen LogP contribution in [0.2, 0.25) is 0 Å². The lowest BCUT2D eigenvalue weighted by Crippen LogP contribution is -1.89. The minimum Gasteiger partial charge on any atom is -0.439 e. The number of nitrogens with zero attached hydrogens (tertiary/aromatic N) is 3. The van der Waals surface area contributed by atoms with Gasteiger partial charge in [0.05, 0.1) is 6.33 Å². The normalized spacial score (nSPS) is 11.3. The van der Waals surface area contributed by atoms with Crippen LogP contribution in [0.25, 0.3) is 11.6 Å². The van der Waals surface area contributed by atoms with Gasteiger partial charge in [0.15, 0.2) is 0 Å². The van der Waals surface area contributed by atoms with Gasteiger partial charge in [0.2, 0.25) is 5.89 Å². The summed E-state index contributed by atoms with van der Waals surface area (Å²) < 4.78 is 32.2. The summed E-state index contributed by atoms with van der Waals surface area (Å²) in [5.41, 5.74) is 0.173. The van der Waals surface area contributed by atoms with Crippen LogP contribution in [0, 0.1) is 0 Å². The van der Waals surface area contributed by atoms with Crippen LogP contribution in [-0.2, 0) is 13.5 Å². The van der Waals surface area contributed by atoms with Crippen LogP contribution >= 0.6 is 0 Å². The zero-order valence-corrected chi connectivity index (χ0v) is 8.94. The second kappa shape index (κ2) is 4.03. The lowest BCUT2D eigenvalue weighted by molar-refractivity contribution is 0.144. The molecule has 2 rings (SSSR count). The molecule has 16 heavy (non-hydrogen) atoms. The zero-order chi connectivity index (χ0) is 11.7. The summed E-state index contributed by atoms with van der Waals surface area (Å²) >= 11 is 0. The van der Waals surface area contributed by atoms with E-state index in [4.69, 9.17) is 4.42 Å². The van der Waals surface area contributed by atoms with Crippen LogP contribution in [0.15, 0.2) is 16.9 Å². The van der Waals surface area contributed by atoms with Crippen molar-refractivity contribution in [1.29, 1.82) is 0 Å². The molecule has 0 N–H and O–H groups in total. The summed E-state index contributed by atoms with van der Waals surface area (Å²) in [7, 11) is 1.79. The third-order valence-corrected chi connectivity index (χ3v) is 2.18. The van der Waals surface area contributed by atoms with Crippen LogP contribution < -0.4 is 0 Å². The Labute approximate surface area is 90.9 Å². The van der Waals surface area contributed by atoms with Crippen LogP contribution in [0.1, 0.15) is 24.8 Å². The Balaban J connectivity index is 2.43. The molecule has 0 aromatic carbocycles. The summed E-state index contributed by atoms with van der Waals surface area (Å²) in [5.74, 6) is 0.364. The van der Waals surface area contributed by atoms with Gasteiger partial charge in [-0.05, 0) is 0 Å². The van der Waals surface area contributed by atoms with E-state index in [-0.39, 0.29) is 17.3 Å². The van der Waals surface area contributed by atoms with Crippen molar-refractivity contribution in [3.8, 4) is 11.6 Å². The van der Waals surface area contributed by atoms with Gasteiger partial charge in [0, 0.05) is 19.7 Å². The Bertz CT molecular complexity index is 490. The standard InChI is InChI=1S/C10H11F2N3O/c1-3-7-8(9(11)12)14-10(16-7)6-4-15(2)5-13-6/h4-5,9H,3H2,1-2H3. The van der Waals surface area contributed by atoms with E-state index < -0.39 is 6.43 Å². The number of rotatable bonds is 3. The Morgan fingerprint density at radius 2 is 2.25 bits per heavy atom. The Kier molecular flexibility index (Phi) is 2.72. The highest BCUT2D eigenvalue weighted by Gasteiger charge is 2.21. The van der Waals surface area contributed by atoms with E-state index >= 15 is 0 Å². The molecular formula is C10H11F2N3O. The van der Waals surface area contributed by atoms with Crippen molar-refractivity contribution < 1.29 is 13.2 Å². The van der Waals surface area contributed by atoms with Gasteiger partial charge in [-0.3, -0.25) is 0 Å². The first-order valence-electron chi connectivity index (χ1n) is 4.88. The van der Waals surface area contributed by atoms with Crippen LogP contribution in [0.5, 0.6) is 0 Å². The summed E-state index contributed by atoms with van der Waals surface area (Å²) in [6.45, 7) is 1.74. The third-order valence-electron chi connectivity index (χ3n) is 2.18. The average Bonchev–Trinajstić information content (AvgIpc) is 2.82. The molecule has 0 atom stereocenters. The van der Waals surface area contributed by atoms with Crippen molar-refractivity contribution in [3.63, 3.8) is 0 Å². The molecule has 0 bridgehead atoms. The van der Waals surface area contributed by atoms with Crippen molar-refractivity contribution in [3.05, 3.63) is 24.0 Å². The zero-order valence-electron chi connectivity index (χ0n) is 8.94. The molecule has 0 radical (unpaired) electrons. The number of aromatic nitrogens is 3. The van der Waals surface area contributed by atoms with Crippen molar-refractivity contribution in [2.24, 2.45) is 7.05 Å². The van der Waals surface area contributed by atoms with E-state index in [2.05, 4.69) is 9.97 Å². The number of hydrogen-bond acceptors (Lipinski definition) is 3.